The first-order valence-corrected chi connectivity index (χ1v) is 6.27. The smallest absolute Gasteiger partial charge is 0.153 e. The van der Waals surface area contributed by atoms with Gasteiger partial charge in [-0.2, -0.15) is 0 Å². The lowest BCUT2D eigenvalue weighted by molar-refractivity contribution is -0.0318. The minimum Gasteiger partial charge on any atom is -0.456 e. The highest BCUT2D eigenvalue weighted by Gasteiger charge is 2.34. The Bertz CT molecular complexity index is 530. The molecule has 3 heteroatoms. The van der Waals surface area contributed by atoms with E-state index in [1.54, 1.807) is 6.07 Å². The zero-order valence-corrected chi connectivity index (χ0v) is 11.1. The Morgan fingerprint density at radius 2 is 2.12 bits per heavy atom. The van der Waals surface area contributed by atoms with Crippen molar-refractivity contribution in [1.82, 2.24) is 0 Å². The van der Waals surface area contributed by atoms with Crippen LogP contribution >= 0.6 is 11.6 Å². The molecule has 17 heavy (non-hydrogen) atoms. The van der Waals surface area contributed by atoms with Crippen LogP contribution in [0.25, 0.3) is 11.0 Å². The van der Waals surface area contributed by atoms with Crippen molar-refractivity contribution in [3.8, 4) is 0 Å². The van der Waals surface area contributed by atoms with Crippen molar-refractivity contribution >= 4 is 22.6 Å². The van der Waals surface area contributed by atoms with Gasteiger partial charge in [0.2, 0.25) is 0 Å². The molecule has 0 spiro atoms. The van der Waals surface area contributed by atoms with Crippen LogP contribution in [-0.2, 0) is 5.60 Å². The molecule has 0 saturated heterocycles. The normalized spacial score (nSPS) is 15.4. The summed E-state index contributed by atoms with van der Waals surface area (Å²) >= 11 is 6.07. The molecule has 0 aliphatic rings. The van der Waals surface area contributed by atoms with E-state index in [0.29, 0.717) is 22.8 Å². The first-order valence-electron chi connectivity index (χ1n) is 5.90. The van der Waals surface area contributed by atoms with Gasteiger partial charge < -0.3 is 9.52 Å². The zero-order chi connectivity index (χ0) is 12.6. The standard InChI is InChI=1S/C14H17ClO2/c1-4-14(16,9(2)3)12-8-10-6-5-7-11(15)13(10)17-12/h5-9,16H,4H2,1-3H3. The summed E-state index contributed by atoms with van der Waals surface area (Å²) in [5.74, 6) is 0.685. The molecule has 2 nitrogen and oxygen atoms in total. The van der Waals surface area contributed by atoms with E-state index in [-0.39, 0.29) is 5.92 Å². The molecular weight excluding hydrogens is 236 g/mol. The maximum Gasteiger partial charge on any atom is 0.153 e. The predicted octanol–water partition coefficient (Wildman–Crippen LogP) is 4.34. The molecule has 0 bridgehead atoms. The van der Waals surface area contributed by atoms with Gasteiger partial charge in [0.05, 0.1) is 5.02 Å². The van der Waals surface area contributed by atoms with Crippen molar-refractivity contribution in [3.05, 3.63) is 35.0 Å². The number of halogens is 1. The van der Waals surface area contributed by atoms with Gasteiger partial charge in [0.15, 0.2) is 5.58 Å². The fraction of sp³-hybridized carbons (Fsp3) is 0.429. The van der Waals surface area contributed by atoms with Crippen LogP contribution in [0.15, 0.2) is 28.7 Å². The monoisotopic (exact) mass is 252 g/mol. The van der Waals surface area contributed by atoms with Gasteiger partial charge in [0.25, 0.3) is 0 Å². The average Bonchev–Trinajstić information content (AvgIpc) is 2.73. The molecule has 1 atom stereocenters. The summed E-state index contributed by atoms with van der Waals surface area (Å²) in [5, 5.41) is 12.1. The SMILES string of the molecule is CCC(O)(c1cc2cccc(Cl)c2o1)C(C)C. The predicted molar refractivity (Wildman–Crippen MR) is 70.2 cm³/mol. The third-order valence-corrected chi connectivity index (χ3v) is 3.71. The van der Waals surface area contributed by atoms with Gasteiger partial charge in [-0.05, 0) is 24.5 Å². The Balaban J connectivity index is 2.60. The van der Waals surface area contributed by atoms with Crippen molar-refractivity contribution in [3.63, 3.8) is 0 Å². The van der Waals surface area contributed by atoms with Gasteiger partial charge in [-0.1, -0.05) is 44.5 Å². The molecule has 0 radical (unpaired) electrons. The van der Waals surface area contributed by atoms with Gasteiger partial charge in [-0.15, -0.1) is 0 Å². The quantitative estimate of drug-likeness (QED) is 0.882. The minimum absolute atomic E-state index is 0.0897. The molecule has 0 amide bonds. The third kappa shape index (κ3) is 1.96. The number of para-hydroxylation sites is 1. The van der Waals surface area contributed by atoms with E-state index in [9.17, 15) is 5.11 Å². The Kier molecular flexibility index (Phi) is 3.19. The number of hydrogen-bond acceptors (Lipinski definition) is 2. The van der Waals surface area contributed by atoms with Crippen LogP contribution < -0.4 is 0 Å². The van der Waals surface area contributed by atoms with Gasteiger partial charge >= 0.3 is 0 Å². The summed E-state index contributed by atoms with van der Waals surface area (Å²) < 4.78 is 5.73. The summed E-state index contributed by atoms with van der Waals surface area (Å²) in [7, 11) is 0. The minimum atomic E-state index is -0.928. The average molecular weight is 253 g/mol. The summed E-state index contributed by atoms with van der Waals surface area (Å²) in [6.45, 7) is 5.92. The van der Waals surface area contributed by atoms with E-state index in [4.69, 9.17) is 16.0 Å². The van der Waals surface area contributed by atoms with Crippen LogP contribution in [0.5, 0.6) is 0 Å². The molecule has 1 aromatic heterocycles. The van der Waals surface area contributed by atoms with Gasteiger partial charge in [-0.25, -0.2) is 0 Å². The van der Waals surface area contributed by atoms with Gasteiger partial charge in [0.1, 0.15) is 11.4 Å². The Morgan fingerprint density at radius 3 is 2.65 bits per heavy atom. The van der Waals surface area contributed by atoms with E-state index in [1.165, 1.54) is 0 Å². The van der Waals surface area contributed by atoms with E-state index in [2.05, 4.69) is 0 Å². The zero-order valence-electron chi connectivity index (χ0n) is 10.3. The summed E-state index contributed by atoms with van der Waals surface area (Å²) in [6.07, 6.45) is 0.613. The van der Waals surface area contributed by atoms with Crippen LogP contribution in [0.1, 0.15) is 33.0 Å². The first-order chi connectivity index (χ1) is 7.99. The van der Waals surface area contributed by atoms with E-state index in [1.807, 2.05) is 39.0 Å². The largest absolute Gasteiger partial charge is 0.456 e. The highest BCUT2D eigenvalue weighted by molar-refractivity contribution is 6.34. The molecule has 2 aromatic rings. The topological polar surface area (TPSA) is 33.4 Å². The maximum atomic E-state index is 10.6. The van der Waals surface area contributed by atoms with Crippen LogP contribution in [0, 0.1) is 5.92 Å². The lowest BCUT2D eigenvalue weighted by Crippen LogP contribution is -2.30. The second-order valence-electron chi connectivity index (χ2n) is 4.70. The second-order valence-corrected chi connectivity index (χ2v) is 5.11. The molecule has 1 aromatic carbocycles. The van der Waals surface area contributed by atoms with E-state index in [0.717, 1.165) is 5.39 Å². The summed E-state index contributed by atoms with van der Waals surface area (Å²) in [4.78, 5) is 0. The van der Waals surface area contributed by atoms with Gasteiger partial charge in [-0.3, -0.25) is 0 Å². The highest BCUT2D eigenvalue weighted by Crippen LogP contribution is 2.37. The molecule has 0 aliphatic carbocycles. The van der Waals surface area contributed by atoms with Crippen molar-refractivity contribution in [2.24, 2.45) is 5.92 Å². The maximum absolute atomic E-state index is 10.6. The van der Waals surface area contributed by atoms with E-state index < -0.39 is 5.60 Å². The molecule has 1 unspecified atom stereocenters. The first kappa shape index (κ1) is 12.5. The summed E-state index contributed by atoms with van der Waals surface area (Å²) in [6, 6.07) is 7.48. The Labute approximate surface area is 106 Å². The number of benzene rings is 1. The fourth-order valence-electron chi connectivity index (χ4n) is 2.11. The Morgan fingerprint density at radius 1 is 1.41 bits per heavy atom. The number of fused-ring (bicyclic) bond motifs is 1. The van der Waals surface area contributed by atoms with Gasteiger partial charge in [0, 0.05) is 5.39 Å². The molecular formula is C14H17ClO2. The number of hydrogen-bond donors (Lipinski definition) is 1. The molecule has 1 heterocycles. The number of rotatable bonds is 3. The summed E-state index contributed by atoms with van der Waals surface area (Å²) in [5.41, 5.74) is -0.279. The van der Waals surface area contributed by atoms with Crippen molar-refractivity contribution in [2.45, 2.75) is 32.8 Å². The molecule has 1 N–H and O–H groups in total. The fourth-order valence-corrected chi connectivity index (χ4v) is 2.33. The number of aliphatic hydroxyl groups is 1. The molecule has 0 saturated carbocycles. The van der Waals surface area contributed by atoms with Crippen LogP contribution in [0.4, 0.5) is 0 Å². The Hall–Kier alpha value is -0.990. The van der Waals surface area contributed by atoms with Crippen LogP contribution in [0.2, 0.25) is 5.02 Å². The van der Waals surface area contributed by atoms with Crippen LogP contribution in [0.3, 0.4) is 0 Å². The highest BCUT2D eigenvalue weighted by atomic mass is 35.5. The number of furan rings is 1. The molecule has 0 aliphatic heterocycles. The third-order valence-electron chi connectivity index (χ3n) is 3.42. The van der Waals surface area contributed by atoms with Crippen molar-refractivity contribution < 1.29 is 9.52 Å². The lowest BCUT2D eigenvalue weighted by Gasteiger charge is -2.28. The molecule has 0 fully saturated rings. The molecule has 2 rings (SSSR count). The lowest BCUT2D eigenvalue weighted by atomic mass is 9.85. The van der Waals surface area contributed by atoms with Crippen molar-refractivity contribution in [2.75, 3.05) is 0 Å². The van der Waals surface area contributed by atoms with Crippen LogP contribution in [-0.4, -0.2) is 5.11 Å². The molecule has 92 valence electrons. The van der Waals surface area contributed by atoms with Crippen molar-refractivity contribution in [1.29, 1.82) is 0 Å². The second kappa shape index (κ2) is 4.35. The van der Waals surface area contributed by atoms with E-state index >= 15 is 0 Å².